The second kappa shape index (κ2) is 5.29. The van der Waals surface area contributed by atoms with Crippen molar-refractivity contribution in [2.24, 2.45) is 5.73 Å². The summed E-state index contributed by atoms with van der Waals surface area (Å²) in [4.78, 5) is 14.1. The molecule has 4 heteroatoms. The highest BCUT2D eigenvalue weighted by Crippen LogP contribution is 2.13. The normalized spacial score (nSPS) is 20.5. The molecular formula is C13H18N2O2. The van der Waals surface area contributed by atoms with Gasteiger partial charge in [0.25, 0.3) is 0 Å². The quantitative estimate of drug-likeness (QED) is 0.787. The third kappa shape index (κ3) is 3.05. The number of hydrogen-bond acceptors (Lipinski definition) is 4. The van der Waals surface area contributed by atoms with Crippen LogP contribution in [0.5, 0.6) is 5.75 Å². The highest BCUT2D eigenvalue weighted by atomic mass is 16.5. The minimum atomic E-state index is 0.141. The number of Topliss-reactive ketones (excluding diaryl/α,β-unsaturated/α-hetero) is 1. The van der Waals surface area contributed by atoms with Crippen LogP contribution in [0.25, 0.3) is 0 Å². The number of nitrogens with two attached hydrogens (primary N) is 1. The summed E-state index contributed by atoms with van der Waals surface area (Å²) in [6, 6.07) is 7.44. The van der Waals surface area contributed by atoms with Crippen LogP contribution in [-0.2, 0) is 0 Å². The predicted octanol–water partition coefficient (Wildman–Crippen LogP) is 0.911. The molecule has 0 spiro atoms. The van der Waals surface area contributed by atoms with Crippen molar-refractivity contribution in [3.05, 3.63) is 29.8 Å². The summed E-state index contributed by atoms with van der Waals surface area (Å²) in [5.74, 6) is 0.909. The maximum absolute atomic E-state index is 12.0. The predicted molar refractivity (Wildman–Crippen MR) is 66.4 cm³/mol. The first-order chi connectivity index (χ1) is 8.19. The fourth-order valence-corrected chi connectivity index (χ4v) is 2.08. The zero-order valence-corrected chi connectivity index (χ0v) is 10.1. The summed E-state index contributed by atoms with van der Waals surface area (Å²) in [6.07, 6.45) is 0.982. The Hall–Kier alpha value is -1.39. The summed E-state index contributed by atoms with van der Waals surface area (Å²) >= 11 is 0. The summed E-state index contributed by atoms with van der Waals surface area (Å²) in [5, 5.41) is 0. The standard InChI is InChI=1S/C13H18N2O2/c1-17-12-4-2-10(3-5-12)13(16)9-15-7-6-11(14)8-15/h2-5,11H,6-9,14H2,1H3/t11-/m0/s1. The van der Waals surface area contributed by atoms with Gasteiger partial charge < -0.3 is 10.5 Å². The molecule has 2 N–H and O–H groups in total. The maximum Gasteiger partial charge on any atom is 0.176 e. The zero-order chi connectivity index (χ0) is 12.3. The second-order valence-electron chi connectivity index (χ2n) is 4.44. The Morgan fingerprint density at radius 1 is 1.47 bits per heavy atom. The Labute approximate surface area is 101 Å². The number of carbonyl (C=O) groups excluding carboxylic acids is 1. The van der Waals surface area contributed by atoms with Crippen LogP contribution in [-0.4, -0.2) is 43.5 Å². The van der Waals surface area contributed by atoms with Gasteiger partial charge in [0, 0.05) is 24.7 Å². The van der Waals surface area contributed by atoms with Crippen LogP contribution >= 0.6 is 0 Å². The number of rotatable bonds is 4. The van der Waals surface area contributed by atoms with E-state index in [1.165, 1.54) is 0 Å². The van der Waals surface area contributed by atoms with E-state index in [2.05, 4.69) is 4.90 Å². The van der Waals surface area contributed by atoms with Gasteiger partial charge in [-0.2, -0.15) is 0 Å². The lowest BCUT2D eigenvalue weighted by Crippen LogP contribution is -2.31. The van der Waals surface area contributed by atoms with E-state index in [1.54, 1.807) is 19.2 Å². The molecule has 1 saturated heterocycles. The van der Waals surface area contributed by atoms with Crippen molar-refractivity contribution >= 4 is 5.78 Å². The molecule has 4 nitrogen and oxygen atoms in total. The van der Waals surface area contributed by atoms with Gasteiger partial charge in [-0.15, -0.1) is 0 Å². The molecule has 0 amide bonds. The molecule has 0 saturated carbocycles. The number of ether oxygens (including phenoxy) is 1. The van der Waals surface area contributed by atoms with Crippen LogP contribution < -0.4 is 10.5 Å². The molecule has 0 unspecified atom stereocenters. The average molecular weight is 234 g/mol. The van der Waals surface area contributed by atoms with Gasteiger partial charge in [-0.1, -0.05) is 0 Å². The van der Waals surface area contributed by atoms with E-state index in [0.29, 0.717) is 6.54 Å². The Morgan fingerprint density at radius 3 is 2.71 bits per heavy atom. The molecule has 0 radical (unpaired) electrons. The highest BCUT2D eigenvalue weighted by Gasteiger charge is 2.21. The molecule has 1 aromatic rings. The Morgan fingerprint density at radius 2 is 2.18 bits per heavy atom. The summed E-state index contributed by atoms with van der Waals surface area (Å²) in [5.41, 5.74) is 6.54. The number of hydrogen-bond donors (Lipinski definition) is 1. The fraction of sp³-hybridized carbons (Fsp3) is 0.462. The van der Waals surface area contributed by atoms with Crippen LogP contribution in [0.1, 0.15) is 16.8 Å². The van der Waals surface area contributed by atoms with Crippen LogP contribution in [0, 0.1) is 0 Å². The van der Waals surface area contributed by atoms with Gasteiger partial charge in [-0.3, -0.25) is 9.69 Å². The second-order valence-corrected chi connectivity index (χ2v) is 4.44. The lowest BCUT2D eigenvalue weighted by molar-refractivity contribution is 0.0945. The van der Waals surface area contributed by atoms with Gasteiger partial charge >= 0.3 is 0 Å². The molecule has 1 aliphatic heterocycles. The molecule has 17 heavy (non-hydrogen) atoms. The van der Waals surface area contributed by atoms with E-state index in [4.69, 9.17) is 10.5 Å². The van der Waals surface area contributed by atoms with E-state index in [-0.39, 0.29) is 11.8 Å². The van der Waals surface area contributed by atoms with Crippen LogP contribution in [0.2, 0.25) is 0 Å². The van der Waals surface area contributed by atoms with E-state index in [0.717, 1.165) is 30.8 Å². The molecule has 92 valence electrons. The molecule has 1 atom stereocenters. The topological polar surface area (TPSA) is 55.6 Å². The lowest BCUT2D eigenvalue weighted by atomic mass is 10.1. The number of benzene rings is 1. The lowest BCUT2D eigenvalue weighted by Gasteiger charge is -2.13. The minimum absolute atomic E-state index is 0.141. The highest BCUT2D eigenvalue weighted by molar-refractivity contribution is 5.97. The molecule has 1 heterocycles. The molecule has 1 aromatic carbocycles. The van der Waals surface area contributed by atoms with Crippen molar-refractivity contribution in [2.45, 2.75) is 12.5 Å². The summed E-state index contributed by atoms with van der Waals surface area (Å²) in [6.45, 7) is 2.20. The molecular weight excluding hydrogens is 216 g/mol. The monoisotopic (exact) mass is 234 g/mol. The average Bonchev–Trinajstić information content (AvgIpc) is 2.75. The zero-order valence-electron chi connectivity index (χ0n) is 10.1. The third-order valence-corrected chi connectivity index (χ3v) is 3.09. The van der Waals surface area contributed by atoms with Gasteiger partial charge in [0.05, 0.1) is 13.7 Å². The fourth-order valence-electron chi connectivity index (χ4n) is 2.08. The smallest absolute Gasteiger partial charge is 0.176 e. The number of ketones is 1. The Kier molecular flexibility index (Phi) is 3.76. The molecule has 2 rings (SSSR count). The van der Waals surface area contributed by atoms with Crippen molar-refractivity contribution in [1.82, 2.24) is 4.90 Å². The van der Waals surface area contributed by atoms with Gasteiger partial charge in [0.1, 0.15) is 5.75 Å². The molecule has 0 aliphatic carbocycles. The van der Waals surface area contributed by atoms with Gasteiger partial charge in [0.2, 0.25) is 0 Å². The van der Waals surface area contributed by atoms with Gasteiger partial charge in [0.15, 0.2) is 5.78 Å². The molecule has 0 aromatic heterocycles. The first kappa shape index (κ1) is 12.1. The summed E-state index contributed by atoms with van der Waals surface area (Å²) < 4.78 is 5.06. The molecule has 1 fully saturated rings. The first-order valence-electron chi connectivity index (χ1n) is 5.84. The number of carbonyl (C=O) groups is 1. The third-order valence-electron chi connectivity index (χ3n) is 3.09. The molecule has 1 aliphatic rings. The van der Waals surface area contributed by atoms with Crippen LogP contribution in [0.15, 0.2) is 24.3 Å². The van der Waals surface area contributed by atoms with Crippen LogP contribution in [0.4, 0.5) is 0 Å². The SMILES string of the molecule is COc1ccc(C(=O)CN2CC[C@H](N)C2)cc1. The van der Waals surface area contributed by atoms with Gasteiger partial charge in [-0.05, 0) is 30.7 Å². The van der Waals surface area contributed by atoms with E-state index < -0.39 is 0 Å². The van der Waals surface area contributed by atoms with Crippen LogP contribution in [0.3, 0.4) is 0 Å². The van der Waals surface area contributed by atoms with E-state index >= 15 is 0 Å². The van der Waals surface area contributed by atoms with Gasteiger partial charge in [-0.25, -0.2) is 0 Å². The van der Waals surface area contributed by atoms with Crippen molar-refractivity contribution in [3.8, 4) is 5.75 Å². The Bertz CT molecular complexity index is 389. The Balaban J connectivity index is 1.94. The van der Waals surface area contributed by atoms with Crippen molar-refractivity contribution in [2.75, 3.05) is 26.7 Å². The largest absolute Gasteiger partial charge is 0.497 e. The number of methoxy groups -OCH3 is 1. The summed E-state index contributed by atoms with van der Waals surface area (Å²) in [7, 11) is 1.61. The van der Waals surface area contributed by atoms with Crippen molar-refractivity contribution < 1.29 is 9.53 Å². The van der Waals surface area contributed by atoms with E-state index in [1.807, 2.05) is 12.1 Å². The first-order valence-corrected chi connectivity index (χ1v) is 5.84. The number of nitrogens with zero attached hydrogens (tertiary/aromatic N) is 1. The number of likely N-dealkylation sites (tertiary alicyclic amines) is 1. The van der Waals surface area contributed by atoms with E-state index in [9.17, 15) is 4.79 Å². The van der Waals surface area contributed by atoms with Crippen molar-refractivity contribution in [1.29, 1.82) is 0 Å². The minimum Gasteiger partial charge on any atom is -0.497 e. The van der Waals surface area contributed by atoms with Crippen molar-refractivity contribution in [3.63, 3.8) is 0 Å². The molecule has 0 bridgehead atoms. The maximum atomic E-state index is 12.0.